The highest BCUT2D eigenvalue weighted by molar-refractivity contribution is 5.93. The van der Waals surface area contributed by atoms with Gasteiger partial charge in [0.05, 0.1) is 11.8 Å². The fraction of sp³-hybridized carbons (Fsp3) is 0.500. The summed E-state index contributed by atoms with van der Waals surface area (Å²) in [7, 11) is 1.84. The fourth-order valence-corrected chi connectivity index (χ4v) is 1.20. The molecular weight excluding hydrogens is 154 g/mol. The number of carbonyl (C=O) groups is 1. The third-order valence-corrected chi connectivity index (χ3v) is 2.16. The van der Waals surface area contributed by atoms with Crippen LogP contribution in [0, 0.1) is 0 Å². The molecule has 0 atom stereocenters. The van der Waals surface area contributed by atoms with Gasteiger partial charge in [-0.1, -0.05) is 0 Å². The molecule has 1 saturated carbocycles. The van der Waals surface area contributed by atoms with Crippen LogP contribution < -0.4 is 0 Å². The van der Waals surface area contributed by atoms with Crippen LogP contribution >= 0.6 is 0 Å². The second-order valence-electron chi connectivity index (χ2n) is 3.13. The maximum Gasteiger partial charge on any atom is 0.257 e. The molecule has 2 rings (SSSR count). The molecule has 0 aromatic carbocycles. The van der Waals surface area contributed by atoms with Gasteiger partial charge in [0.25, 0.3) is 5.91 Å². The molecule has 1 heterocycles. The minimum Gasteiger partial charge on any atom is -0.339 e. The lowest BCUT2D eigenvalue weighted by molar-refractivity contribution is 0.0785. The minimum atomic E-state index is 0.0613. The van der Waals surface area contributed by atoms with Crippen molar-refractivity contribution in [3.05, 3.63) is 18.0 Å². The van der Waals surface area contributed by atoms with Gasteiger partial charge in [0.1, 0.15) is 0 Å². The third-order valence-electron chi connectivity index (χ3n) is 2.16. The van der Waals surface area contributed by atoms with Gasteiger partial charge in [-0.15, -0.1) is 0 Å². The van der Waals surface area contributed by atoms with E-state index in [1.165, 1.54) is 0 Å². The largest absolute Gasteiger partial charge is 0.339 e. The molecule has 1 aliphatic rings. The van der Waals surface area contributed by atoms with E-state index in [4.69, 9.17) is 0 Å². The Morgan fingerprint density at radius 2 is 2.50 bits per heavy atom. The van der Waals surface area contributed by atoms with Crippen LogP contribution in [-0.2, 0) is 0 Å². The van der Waals surface area contributed by atoms with Crippen molar-refractivity contribution < 1.29 is 4.79 Å². The number of nitrogens with one attached hydrogen (secondary N) is 1. The highest BCUT2D eigenvalue weighted by Crippen LogP contribution is 2.26. The van der Waals surface area contributed by atoms with Gasteiger partial charge in [0.2, 0.25) is 0 Å². The minimum absolute atomic E-state index is 0.0613. The Bertz CT molecular complexity index is 277. The first-order valence-corrected chi connectivity index (χ1v) is 4.05. The third kappa shape index (κ3) is 1.20. The number of rotatable bonds is 2. The molecule has 0 radical (unpaired) electrons. The fourth-order valence-electron chi connectivity index (χ4n) is 1.20. The molecule has 4 heteroatoms. The molecule has 0 bridgehead atoms. The Morgan fingerprint density at radius 3 is 3.00 bits per heavy atom. The highest BCUT2D eigenvalue weighted by atomic mass is 16.2. The van der Waals surface area contributed by atoms with Gasteiger partial charge in [0, 0.05) is 19.3 Å². The number of amides is 1. The van der Waals surface area contributed by atoms with E-state index in [0.717, 1.165) is 12.8 Å². The molecule has 12 heavy (non-hydrogen) atoms. The molecule has 0 aliphatic heterocycles. The van der Waals surface area contributed by atoms with Crippen LogP contribution in [0.4, 0.5) is 0 Å². The van der Waals surface area contributed by atoms with Crippen LogP contribution in [0.2, 0.25) is 0 Å². The van der Waals surface area contributed by atoms with E-state index in [1.807, 2.05) is 7.05 Å². The van der Waals surface area contributed by atoms with Crippen molar-refractivity contribution in [2.75, 3.05) is 7.05 Å². The van der Waals surface area contributed by atoms with Crippen molar-refractivity contribution in [3.63, 3.8) is 0 Å². The molecular formula is C8H11N3O. The van der Waals surface area contributed by atoms with Crippen molar-refractivity contribution in [1.29, 1.82) is 0 Å². The van der Waals surface area contributed by atoms with E-state index in [-0.39, 0.29) is 5.91 Å². The normalized spacial score (nSPS) is 16.1. The zero-order valence-corrected chi connectivity index (χ0v) is 6.95. The van der Waals surface area contributed by atoms with Crippen LogP contribution in [0.5, 0.6) is 0 Å². The van der Waals surface area contributed by atoms with Crippen LogP contribution in [0.15, 0.2) is 12.4 Å². The predicted molar refractivity (Wildman–Crippen MR) is 43.7 cm³/mol. The lowest BCUT2D eigenvalue weighted by Gasteiger charge is -2.14. The van der Waals surface area contributed by atoms with Crippen molar-refractivity contribution in [2.24, 2.45) is 0 Å². The summed E-state index contributed by atoms with van der Waals surface area (Å²) in [6.45, 7) is 0. The summed E-state index contributed by atoms with van der Waals surface area (Å²) in [5.41, 5.74) is 0.643. The Morgan fingerprint density at radius 1 is 1.75 bits per heavy atom. The van der Waals surface area contributed by atoms with Gasteiger partial charge in [-0.2, -0.15) is 5.10 Å². The standard InChI is InChI=1S/C8H11N3O/c1-11(7-2-3-7)8(12)6-4-9-10-5-6/h4-5,7H,2-3H2,1H3,(H,9,10). The van der Waals surface area contributed by atoms with Crippen LogP contribution in [0.1, 0.15) is 23.2 Å². The molecule has 1 aliphatic carbocycles. The van der Waals surface area contributed by atoms with E-state index in [2.05, 4.69) is 10.2 Å². The van der Waals surface area contributed by atoms with E-state index >= 15 is 0 Å². The summed E-state index contributed by atoms with van der Waals surface area (Å²) in [5, 5.41) is 6.36. The number of aromatic amines is 1. The zero-order chi connectivity index (χ0) is 8.55. The van der Waals surface area contributed by atoms with Gasteiger partial charge in [-0.3, -0.25) is 9.89 Å². The Hall–Kier alpha value is -1.32. The first-order valence-electron chi connectivity index (χ1n) is 4.05. The molecule has 4 nitrogen and oxygen atoms in total. The summed E-state index contributed by atoms with van der Waals surface area (Å²) in [4.78, 5) is 13.3. The van der Waals surface area contributed by atoms with E-state index in [9.17, 15) is 4.79 Å². The van der Waals surface area contributed by atoms with Crippen LogP contribution in [0.25, 0.3) is 0 Å². The monoisotopic (exact) mass is 165 g/mol. The van der Waals surface area contributed by atoms with Gasteiger partial charge in [0.15, 0.2) is 0 Å². The van der Waals surface area contributed by atoms with Crippen molar-refractivity contribution in [1.82, 2.24) is 15.1 Å². The van der Waals surface area contributed by atoms with Crippen molar-refractivity contribution in [2.45, 2.75) is 18.9 Å². The number of hydrogen-bond donors (Lipinski definition) is 1. The van der Waals surface area contributed by atoms with Crippen LogP contribution in [0.3, 0.4) is 0 Å². The van der Waals surface area contributed by atoms with Crippen molar-refractivity contribution in [3.8, 4) is 0 Å². The summed E-state index contributed by atoms with van der Waals surface area (Å²) < 4.78 is 0. The Balaban J connectivity index is 2.09. The summed E-state index contributed by atoms with van der Waals surface area (Å²) in [6.07, 6.45) is 5.46. The molecule has 1 aromatic rings. The number of hydrogen-bond acceptors (Lipinski definition) is 2. The van der Waals surface area contributed by atoms with E-state index in [1.54, 1.807) is 17.3 Å². The van der Waals surface area contributed by atoms with E-state index in [0.29, 0.717) is 11.6 Å². The molecule has 1 N–H and O–H groups in total. The van der Waals surface area contributed by atoms with Gasteiger partial charge < -0.3 is 4.90 Å². The first kappa shape index (κ1) is 7.34. The summed E-state index contributed by atoms with van der Waals surface area (Å²) >= 11 is 0. The van der Waals surface area contributed by atoms with E-state index < -0.39 is 0 Å². The Labute approximate surface area is 70.6 Å². The quantitative estimate of drug-likeness (QED) is 0.699. The smallest absolute Gasteiger partial charge is 0.257 e. The molecule has 1 aromatic heterocycles. The van der Waals surface area contributed by atoms with Gasteiger partial charge >= 0.3 is 0 Å². The molecule has 0 saturated heterocycles. The molecule has 64 valence electrons. The highest BCUT2D eigenvalue weighted by Gasteiger charge is 2.30. The second-order valence-corrected chi connectivity index (χ2v) is 3.13. The van der Waals surface area contributed by atoms with Gasteiger partial charge in [-0.25, -0.2) is 0 Å². The lowest BCUT2D eigenvalue weighted by Crippen LogP contribution is -2.28. The molecule has 1 amide bonds. The van der Waals surface area contributed by atoms with Gasteiger partial charge in [-0.05, 0) is 12.8 Å². The molecule has 0 unspecified atom stereocenters. The second kappa shape index (κ2) is 2.62. The van der Waals surface area contributed by atoms with Crippen LogP contribution in [-0.4, -0.2) is 34.1 Å². The zero-order valence-electron chi connectivity index (χ0n) is 6.95. The maximum absolute atomic E-state index is 11.6. The maximum atomic E-state index is 11.6. The average Bonchev–Trinajstić information content (AvgIpc) is 2.79. The topological polar surface area (TPSA) is 49.0 Å². The predicted octanol–water partition coefficient (Wildman–Crippen LogP) is 0.644. The summed E-state index contributed by atoms with van der Waals surface area (Å²) in [6, 6.07) is 0.465. The molecule has 0 spiro atoms. The SMILES string of the molecule is CN(C(=O)c1cn[nH]c1)C1CC1. The molecule has 1 fully saturated rings. The number of H-pyrrole nitrogens is 1. The number of aromatic nitrogens is 2. The van der Waals surface area contributed by atoms with Crippen molar-refractivity contribution >= 4 is 5.91 Å². The summed E-state index contributed by atoms with van der Waals surface area (Å²) in [5.74, 6) is 0.0613. The lowest BCUT2D eigenvalue weighted by atomic mass is 10.3. The number of nitrogens with zero attached hydrogens (tertiary/aromatic N) is 2. The Kier molecular flexibility index (Phi) is 1.60. The average molecular weight is 165 g/mol. The first-order chi connectivity index (χ1) is 5.79. The number of carbonyl (C=O) groups excluding carboxylic acids is 1.